The SMILES string of the molecule is C[C@H](OC[C@H](O)CN1C(=O)c2cccc([N+](=O)[O-])c2C1=O)c1ccc(Cl)cc1. The number of nitrogens with zero attached hydrogens (tertiary/aromatic N) is 2. The molecule has 2 aromatic carbocycles. The molecule has 1 aliphatic heterocycles. The largest absolute Gasteiger partial charge is 0.389 e. The molecule has 9 heteroatoms. The lowest BCUT2D eigenvalue weighted by Crippen LogP contribution is -2.38. The number of amides is 2. The lowest BCUT2D eigenvalue weighted by molar-refractivity contribution is -0.385. The first-order chi connectivity index (χ1) is 13.3. The number of halogens is 1. The van der Waals surface area contributed by atoms with Crippen LogP contribution in [0.25, 0.3) is 0 Å². The zero-order chi connectivity index (χ0) is 20.4. The number of benzene rings is 2. The van der Waals surface area contributed by atoms with E-state index in [2.05, 4.69) is 0 Å². The molecule has 1 N–H and O–H groups in total. The summed E-state index contributed by atoms with van der Waals surface area (Å²) in [6.45, 7) is 1.34. The predicted molar refractivity (Wildman–Crippen MR) is 100 cm³/mol. The summed E-state index contributed by atoms with van der Waals surface area (Å²) in [5.74, 6) is -1.47. The van der Waals surface area contributed by atoms with Crippen LogP contribution in [-0.4, -0.2) is 46.0 Å². The van der Waals surface area contributed by atoms with Crippen LogP contribution in [0.5, 0.6) is 0 Å². The fourth-order valence-corrected chi connectivity index (χ4v) is 3.11. The fourth-order valence-electron chi connectivity index (χ4n) is 2.98. The van der Waals surface area contributed by atoms with Gasteiger partial charge in [-0.1, -0.05) is 29.8 Å². The van der Waals surface area contributed by atoms with Crippen LogP contribution in [0.4, 0.5) is 5.69 Å². The average molecular weight is 405 g/mol. The molecule has 0 saturated heterocycles. The molecule has 8 nitrogen and oxygen atoms in total. The first kappa shape index (κ1) is 19.9. The minimum Gasteiger partial charge on any atom is -0.389 e. The van der Waals surface area contributed by atoms with Gasteiger partial charge in [-0.3, -0.25) is 24.6 Å². The molecule has 0 spiro atoms. The van der Waals surface area contributed by atoms with E-state index >= 15 is 0 Å². The molecule has 0 saturated carbocycles. The summed E-state index contributed by atoms with van der Waals surface area (Å²) in [5, 5.41) is 21.9. The molecule has 146 valence electrons. The number of carbonyl (C=O) groups is 2. The first-order valence-corrected chi connectivity index (χ1v) is 8.86. The van der Waals surface area contributed by atoms with Crippen molar-refractivity contribution in [1.82, 2.24) is 4.90 Å². The van der Waals surface area contributed by atoms with Gasteiger partial charge in [0.2, 0.25) is 0 Å². The Bertz CT molecular complexity index is 931. The zero-order valence-electron chi connectivity index (χ0n) is 14.9. The maximum atomic E-state index is 12.5. The Labute approximate surface area is 165 Å². The van der Waals surface area contributed by atoms with Crippen LogP contribution in [0.3, 0.4) is 0 Å². The monoisotopic (exact) mass is 404 g/mol. The molecule has 3 rings (SSSR count). The van der Waals surface area contributed by atoms with Crippen molar-refractivity contribution in [1.29, 1.82) is 0 Å². The van der Waals surface area contributed by atoms with E-state index in [9.17, 15) is 24.8 Å². The van der Waals surface area contributed by atoms with Crippen molar-refractivity contribution < 1.29 is 24.4 Å². The van der Waals surface area contributed by atoms with Crippen molar-refractivity contribution in [3.8, 4) is 0 Å². The highest BCUT2D eigenvalue weighted by atomic mass is 35.5. The molecule has 1 heterocycles. The third kappa shape index (κ3) is 3.89. The van der Waals surface area contributed by atoms with Crippen molar-refractivity contribution >= 4 is 29.1 Å². The zero-order valence-corrected chi connectivity index (χ0v) is 15.6. The van der Waals surface area contributed by atoms with Crippen LogP contribution in [0.2, 0.25) is 5.02 Å². The molecular weight excluding hydrogens is 388 g/mol. The third-order valence-corrected chi connectivity index (χ3v) is 4.70. The first-order valence-electron chi connectivity index (χ1n) is 8.48. The minimum absolute atomic E-state index is 0.0400. The molecule has 0 aromatic heterocycles. The second-order valence-electron chi connectivity index (χ2n) is 6.36. The third-order valence-electron chi connectivity index (χ3n) is 4.45. The Morgan fingerprint density at radius 2 is 1.86 bits per heavy atom. The molecule has 28 heavy (non-hydrogen) atoms. The Balaban J connectivity index is 1.64. The van der Waals surface area contributed by atoms with Crippen molar-refractivity contribution in [2.45, 2.75) is 19.1 Å². The summed E-state index contributed by atoms with van der Waals surface area (Å²) in [6, 6.07) is 10.9. The normalized spacial score (nSPS) is 15.5. The number of fused-ring (bicyclic) bond motifs is 1. The number of carbonyl (C=O) groups excluding carboxylic acids is 2. The second kappa shape index (κ2) is 8.05. The van der Waals surface area contributed by atoms with Crippen molar-refractivity contribution in [3.63, 3.8) is 0 Å². The number of hydrogen-bond acceptors (Lipinski definition) is 6. The van der Waals surface area contributed by atoms with Gasteiger partial charge in [-0.25, -0.2) is 0 Å². The van der Waals surface area contributed by atoms with Gasteiger partial charge in [0, 0.05) is 11.1 Å². The molecule has 2 atom stereocenters. The number of nitro groups is 1. The van der Waals surface area contributed by atoms with E-state index in [0.29, 0.717) is 5.02 Å². The van der Waals surface area contributed by atoms with E-state index in [1.807, 2.05) is 0 Å². The van der Waals surface area contributed by atoms with Gasteiger partial charge in [0.1, 0.15) is 5.56 Å². The average Bonchev–Trinajstić information content (AvgIpc) is 2.91. The molecule has 2 amide bonds. The van der Waals surface area contributed by atoms with Crippen LogP contribution < -0.4 is 0 Å². The van der Waals surface area contributed by atoms with Gasteiger partial charge in [0.05, 0.1) is 35.8 Å². The van der Waals surface area contributed by atoms with Crippen molar-refractivity contribution in [3.05, 3.63) is 74.3 Å². The Morgan fingerprint density at radius 1 is 1.18 bits per heavy atom. The molecule has 0 aliphatic carbocycles. The van der Waals surface area contributed by atoms with Gasteiger partial charge >= 0.3 is 0 Å². The van der Waals surface area contributed by atoms with Crippen LogP contribution in [0, 0.1) is 10.1 Å². The van der Waals surface area contributed by atoms with E-state index in [4.69, 9.17) is 16.3 Å². The Hall–Kier alpha value is -2.81. The van der Waals surface area contributed by atoms with E-state index < -0.39 is 28.5 Å². The van der Waals surface area contributed by atoms with Gasteiger partial charge in [-0.15, -0.1) is 0 Å². The van der Waals surface area contributed by atoms with Crippen LogP contribution in [-0.2, 0) is 4.74 Å². The van der Waals surface area contributed by atoms with E-state index in [-0.39, 0.29) is 30.4 Å². The van der Waals surface area contributed by atoms with Gasteiger partial charge in [-0.05, 0) is 30.7 Å². The quantitative estimate of drug-likeness (QED) is 0.431. The summed E-state index contributed by atoms with van der Waals surface area (Å²) in [7, 11) is 0. The number of rotatable bonds is 7. The number of aliphatic hydroxyl groups excluding tert-OH is 1. The number of ether oxygens (including phenoxy) is 1. The van der Waals surface area contributed by atoms with E-state index in [1.165, 1.54) is 18.2 Å². The fraction of sp³-hybridized carbons (Fsp3) is 0.263. The molecule has 0 bridgehead atoms. The van der Waals surface area contributed by atoms with Crippen LogP contribution >= 0.6 is 11.6 Å². The summed E-state index contributed by atoms with van der Waals surface area (Å²) < 4.78 is 5.60. The second-order valence-corrected chi connectivity index (χ2v) is 6.80. The van der Waals surface area contributed by atoms with Gasteiger partial charge in [0.15, 0.2) is 0 Å². The lowest BCUT2D eigenvalue weighted by atomic mass is 10.1. The van der Waals surface area contributed by atoms with Gasteiger partial charge < -0.3 is 9.84 Å². The highest BCUT2D eigenvalue weighted by molar-refractivity contribution is 6.30. The van der Waals surface area contributed by atoms with Gasteiger partial charge in [-0.2, -0.15) is 0 Å². The molecule has 1 aliphatic rings. The number of aliphatic hydroxyl groups is 1. The number of nitro benzene ring substituents is 1. The molecule has 2 aromatic rings. The summed E-state index contributed by atoms with van der Waals surface area (Å²) >= 11 is 5.84. The van der Waals surface area contributed by atoms with E-state index in [1.54, 1.807) is 31.2 Å². The summed E-state index contributed by atoms with van der Waals surface area (Å²) in [6.07, 6.45) is -1.48. The topological polar surface area (TPSA) is 110 Å². The number of imide groups is 1. The highest BCUT2D eigenvalue weighted by Gasteiger charge is 2.41. The predicted octanol–water partition coefficient (Wildman–Crippen LogP) is 2.98. The molecule has 0 radical (unpaired) electrons. The van der Waals surface area contributed by atoms with Crippen molar-refractivity contribution in [2.24, 2.45) is 0 Å². The number of β-amino-alcohol motifs (C(OH)–C–C–N with tert-alkyl or cyclic N) is 1. The summed E-state index contributed by atoms with van der Waals surface area (Å²) in [5.41, 5.74) is 0.135. The maximum absolute atomic E-state index is 12.5. The smallest absolute Gasteiger partial charge is 0.282 e. The summed E-state index contributed by atoms with van der Waals surface area (Å²) in [4.78, 5) is 36.1. The van der Waals surface area contributed by atoms with Crippen molar-refractivity contribution in [2.75, 3.05) is 13.2 Å². The Morgan fingerprint density at radius 3 is 2.50 bits per heavy atom. The molecule has 0 unspecified atom stereocenters. The number of hydrogen-bond donors (Lipinski definition) is 1. The molecule has 0 fully saturated rings. The van der Waals surface area contributed by atoms with E-state index in [0.717, 1.165) is 10.5 Å². The van der Waals surface area contributed by atoms with Gasteiger partial charge in [0.25, 0.3) is 17.5 Å². The van der Waals surface area contributed by atoms with Crippen LogP contribution in [0.1, 0.15) is 39.3 Å². The highest BCUT2D eigenvalue weighted by Crippen LogP contribution is 2.30. The van der Waals surface area contributed by atoms with Crippen LogP contribution in [0.15, 0.2) is 42.5 Å². The maximum Gasteiger partial charge on any atom is 0.282 e. The Kier molecular flexibility index (Phi) is 5.73. The lowest BCUT2D eigenvalue weighted by Gasteiger charge is -2.20. The molecular formula is C19H17ClN2O6. The standard InChI is InChI=1S/C19H17ClN2O6/c1-11(12-5-7-13(20)8-6-12)28-10-14(23)9-21-18(24)15-3-2-4-16(22(26)27)17(15)19(21)25/h2-8,11,14,23H,9-10H2,1H3/t11-,14+/m0/s1. The minimum atomic E-state index is -1.14.